The van der Waals surface area contributed by atoms with Gasteiger partial charge in [-0.2, -0.15) is 0 Å². The fourth-order valence-corrected chi connectivity index (χ4v) is 5.69. The molecule has 1 aliphatic rings. The summed E-state index contributed by atoms with van der Waals surface area (Å²) in [5, 5.41) is 8.48. The molecule has 0 bridgehead atoms. The summed E-state index contributed by atoms with van der Waals surface area (Å²) in [6.45, 7) is 6.23. The molecule has 1 fully saturated rings. The molecule has 0 spiro atoms. The quantitative estimate of drug-likeness (QED) is 0.601. The molecular formula is C19H25N3OS3. The van der Waals surface area contributed by atoms with Crippen molar-refractivity contribution < 1.29 is 4.79 Å². The molecule has 1 aromatic heterocycles. The zero-order chi connectivity index (χ0) is 18.4. The van der Waals surface area contributed by atoms with E-state index in [-0.39, 0.29) is 5.91 Å². The molecule has 1 aromatic carbocycles. The molecule has 3 rings (SSSR count). The Kier molecular flexibility index (Phi) is 7.40. The van der Waals surface area contributed by atoms with E-state index in [0.29, 0.717) is 11.7 Å². The molecule has 7 heteroatoms. The Morgan fingerprint density at radius 3 is 2.38 bits per heavy atom. The summed E-state index contributed by atoms with van der Waals surface area (Å²) in [5.74, 6) is 2.15. The molecule has 0 saturated carbocycles. The third-order valence-corrected chi connectivity index (χ3v) is 7.67. The van der Waals surface area contributed by atoms with E-state index in [1.165, 1.54) is 29.3 Å². The van der Waals surface area contributed by atoms with Gasteiger partial charge in [0.25, 0.3) is 0 Å². The van der Waals surface area contributed by atoms with Gasteiger partial charge in [-0.05, 0) is 36.3 Å². The van der Waals surface area contributed by atoms with Crippen LogP contribution in [0.3, 0.4) is 0 Å². The largest absolute Gasteiger partial charge is 0.342 e. The van der Waals surface area contributed by atoms with E-state index in [1.54, 1.807) is 23.1 Å². The molecule has 0 atom stereocenters. The topological polar surface area (TPSA) is 46.1 Å². The van der Waals surface area contributed by atoms with E-state index in [2.05, 4.69) is 48.3 Å². The van der Waals surface area contributed by atoms with Crippen LogP contribution in [0.5, 0.6) is 0 Å². The van der Waals surface area contributed by atoms with Gasteiger partial charge >= 0.3 is 0 Å². The Morgan fingerprint density at radius 1 is 1.08 bits per heavy atom. The predicted octanol–water partition coefficient (Wildman–Crippen LogP) is 5.06. The van der Waals surface area contributed by atoms with E-state index >= 15 is 0 Å². The van der Waals surface area contributed by atoms with Crippen LogP contribution >= 0.6 is 34.9 Å². The van der Waals surface area contributed by atoms with Crippen molar-refractivity contribution in [2.45, 2.75) is 53.5 Å². The summed E-state index contributed by atoms with van der Waals surface area (Å²) in [6.07, 6.45) is 3.51. The summed E-state index contributed by atoms with van der Waals surface area (Å²) in [4.78, 5) is 14.2. The number of piperidine rings is 1. The zero-order valence-corrected chi connectivity index (χ0v) is 17.8. The molecule has 0 unspecified atom stereocenters. The molecule has 0 radical (unpaired) electrons. The Balaban J connectivity index is 1.44. The van der Waals surface area contributed by atoms with Crippen molar-refractivity contribution in [3.05, 3.63) is 35.4 Å². The van der Waals surface area contributed by atoms with Crippen LogP contribution < -0.4 is 0 Å². The standard InChI is InChI=1S/C19H25N3OS3/c1-14(2)16-8-6-15(7-9-16)12-24-18-20-21-19(26-18)25-13-17(23)22-10-4-3-5-11-22/h6-9,14H,3-5,10-13H2,1-2H3. The maximum Gasteiger partial charge on any atom is 0.233 e. The van der Waals surface area contributed by atoms with E-state index in [0.717, 1.165) is 40.4 Å². The number of carbonyl (C=O) groups is 1. The van der Waals surface area contributed by atoms with Gasteiger partial charge in [0.05, 0.1) is 5.75 Å². The molecule has 2 heterocycles. The van der Waals surface area contributed by atoms with Gasteiger partial charge in [-0.3, -0.25) is 4.79 Å². The average Bonchev–Trinajstić information content (AvgIpc) is 3.13. The second-order valence-corrected chi connectivity index (χ2v) is 10.2. The number of hydrogen-bond acceptors (Lipinski definition) is 6. The average molecular weight is 408 g/mol. The van der Waals surface area contributed by atoms with Gasteiger partial charge in [-0.25, -0.2) is 0 Å². The number of hydrogen-bond donors (Lipinski definition) is 0. The fourth-order valence-electron chi connectivity index (χ4n) is 2.82. The smallest absolute Gasteiger partial charge is 0.233 e. The highest BCUT2D eigenvalue weighted by molar-refractivity contribution is 8.03. The molecule has 1 aliphatic heterocycles. The molecular weight excluding hydrogens is 382 g/mol. The Labute approximate surface area is 168 Å². The minimum absolute atomic E-state index is 0.226. The van der Waals surface area contributed by atoms with Crippen molar-refractivity contribution in [2.75, 3.05) is 18.8 Å². The van der Waals surface area contributed by atoms with Crippen molar-refractivity contribution >= 4 is 40.8 Å². The number of likely N-dealkylation sites (tertiary alicyclic amines) is 1. The second kappa shape index (κ2) is 9.76. The fraction of sp³-hybridized carbons (Fsp3) is 0.526. The first-order chi connectivity index (χ1) is 12.6. The summed E-state index contributed by atoms with van der Waals surface area (Å²) in [5.41, 5.74) is 2.66. The third-order valence-electron chi connectivity index (χ3n) is 4.42. The van der Waals surface area contributed by atoms with Gasteiger partial charge in [0.2, 0.25) is 5.91 Å². The Morgan fingerprint density at radius 2 is 1.73 bits per heavy atom. The summed E-state index contributed by atoms with van der Waals surface area (Å²) < 4.78 is 1.85. The van der Waals surface area contributed by atoms with Crippen LogP contribution in [0.1, 0.15) is 50.2 Å². The Hall–Kier alpha value is -1.05. The molecule has 0 N–H and O–H groups in total. The van der Waals surface area contributed by atoms with Crippen LogP contribution in [-0.4, -0.2) is 39.8 Å². The van der Waals surface area contributed by atoms with Crippen LogP contribution in [0, 0.1) is 0 Å². The molecule has 26 heavy (non-hydrogen) atoms. The van der Waals surface area contributed by atoms with Gasteiger partial charge in [0, 0.05) is 18.8 Å². The summed E-state index contributed by atoms with van der Waals surface area (Å²) in [6, 6.07) is 8.79. The van der Waals surface area contributed by atoms with E-state index in [9.17, 15) is 4.79 Å². The molecule has 2 aromatic rings. The monoisotopic (exact) mass is 407 g/mol. The summed E-state index contributed by atoms with van der Waals surface area (Å²) >= 11 is 4.80. The Bertz CT molecular complexity index is 709. The van der Waals surface area contributed by atoms with Crippen molar-refractivity contribution in [1.29, 1.82) is 0 Å². The van der Waals surface area contributed by atoms with Crippen LogP contribution in [0.25, 0.3) is 0 Å². The number of nitrogens with zero attached hydrogens (tertiary/aromatic N) is 3. The van der Waals surface area contributed by atoms with Crippen molar-refractivity contribution in [3.63, 3.8) is 0 Å². The van der Waals surface area contributed by atoms with Crippen molar-refractivity contribution in [3.8, 4) is 0 Å². The minimum atomic E-state index is 0.226. The van der Waals surface area contributed by atoms with Gasteiger partial charge in [0.15, 0.2) is 8.68 Å². The zero-order valence-electron chi connectivity index (χ0n) is 15.3. The number of aromatic nitrogens is 2. The lowest BCUT2D eigenvalue weighted by Gasteiger charge is -2.26. The molecule has 1 amide bonds. The number of amides is 1. The SMILES string of the molecule is CC(C)c1ccc(CSc2nnc(SCC(=O)N3CCCCC3)s2)cc1. The van der Waals surface area contributed by atoms with Crippen LogP contribution in [-0.2, 0) is 10.5 Å². The molecule has 4 nitrogen and oxygen atoms in total. The van der Waals surface area contributed by atoms with Gasteiger partial charge in [-0.15, -0.1) is 10.2 Å². The van der Waals surface area contributed by atoms with E-state index in [4.69, 9.17) is 0 Å². The predicted molar refractivity (Wildman–Crippen MR) is 111 cm³/mol. The minimum Gasteiger partial charge on any atom is -0.342 e. The van der Waals surface area contributed by atoms with Crippen LogP contribution in [0.4, 0.5) is 0 Å². The van der Waals surface area contributed by atoms with Crippen LogP contribution in [0.15, 0.2) is 32.9 Å². The van der Waals surface area contributed by atoms with Gasteiger partial charge < -0.3 is 4.90 Å². The van der Waals surface area contributed by atoms with Gasteiger partial charge in [0.1, 0.15) is 0 Å². The highest BCUT2D eigenvalue weighted by atomic mass is 32.2. The van der Waals surface area contributed by atoms with E-state index in [1.807, 2.05) is 4.90 Å². The van der Waals surface area contributed by atoms with Gasteiger partial charge in [-0.1, -0.05) is 73.0 Å². The first kappa shape index (κ1) is 19.7. The highest BCUT2D eigenvalue weighted by Crippen LogP contribution is 2.31. The molecule has 0 aliphatic carbocycles. The molecule has 140 valence electrons. The first-order valence-corrected chi connectivity index (χ1v) is 11.9. The first-order valence-electron chi connectivity index (χ1n) is 9.07. The van der Waals surface area contributed by atoms with Crippen LogP contribution in [0.2, 0.25) is 0 Å². The lowest BCUT2D eigenvalue weighted by atomic mass is 10.0. The second-order valence-electron chi connectivity index (χ2n) is 6.75. The molecule has 1 saturated heterocycles. The lowest BCUT2D eigenvalue weighted by molar-refractivity contribution is -0.129. The maximum atomic E-state index is 12.2. The summed E-state index contributed by atoms with van der Waals surface area (Å²) in [7, 11) is 0. The number of rotatable bonds is 7. The van der Waals surface area contributed by atoms with Crippen molar-refractivity contribution in [1.82, 2.24) is 15.1 Å². The number of thioether (sulfide) groups is 2. The van der Waals surface area contributed by atoms with Crippen molar-refractivity contribution in [2.24, 2.45) is 0 Å². The normalized spacial score (nSPS) is 14.8. The number of carbonyl (C=O) groups excluding carboxylic acids is 1. The highest BCUT2D eigenvalue weighted by Gasteiger charge is 2.17. The third kappa shape index (κ3) is 5.72. The van der Waals surface area contributed by atoms with E-state index < -0.39 is 0 Å². The lowest BCUT2D eigenvalue weighted by Crippen LogP contribution is -2.36. The number of benzene rings is 1. The maximum absolute atomic E-state index is 12.2.